The highest BCUT2D eigenvalue weighted by molar-refractivity contribution is 5.98. The molecule has 0 aliphatic carbocycles. The van der Waals surface area contributed by atoms with Crippen LogP contribution >= 0.6 is 0 Å². The monoisotopic (exact) mass is 244 g/mol. The molecule has 1 saturated heterocycles. The van der Waals surface area contributed by atoms with Gasteiger partial charge in [0.05, 0.1) is 0 Å². The number of amides is 2. The Labute approximate surface area is 108 Å². The fourth-order valence-corrected chi connectivity index (χ4v) is 2.33. The number of imide groups is 1. The highest BCUT2D eigenvalue weighted by Gasteiger charge is 2.32. The first-order chi connectivity index (χ1) is 8.72. The molecular formula is C15H18NO2. The number of piperidine rings is 1. The minimum Gasteiger partial charge on any atom is -0.283 e. The van der Waals surface area contributed by atoms with Gasteiger partial charge in [-0.2, -0.15) is 0 Å². The molecule has 1 aliphatic heterocycles. The molecule has 0 spiro atoms. The summed E-state index contributed by atoms with van der Waals surface area (Å²) in [7, 11) is 0. The SMILES string of the molecule is [CH2]CCCN1C(=O)CC(c2ccccc2)CC1=O. The van der Waals surface area contributed by atoms with Crippen molar-refractivity contribution < 1.29 is 9.59 Å². The van der Waals surface area contributed by atoms with Crippen LogP contribution in [-0.4, -0.2) is 23.3 Å². The molecule has 1 heterocycles. The van der Waals surface area contributed by atoms with Gasteiger partial charge in [0.2, 0.25) is 11.8 Å². The fourth-order valence-electron chi connectivity index (χ4n) is 2.33. The van der Waals surface area contributed by atoms with Crippen molar-refractivity contribution in [2.24, 2.45) is 0 Å². The van der Waals surface area contributed by atoms with E-state index in [1.54, 1.807) is 0 Å². The number of nitrogens with zero attached hydrogens (tertiary/aromatic N) is 1. The van der Waals surface area contributed by atoms with E-state index in [0.29, 0.717) is 19.4 Å². The van der Waals surface area contributed by atoms with E-state index in [0.717, 1.165) is 18.4 Å². The zero-order valence-corrected chi connectivity index (χ0v) is 10.5. The Morgan fingerprint density at radius 3 is 2.28 bits per heavy atom. The molecule has 0 atom stereocenters. The summed E-state index contributed by atoms with van der Waals surface area (Å²) in [5.74, 6) is -0.0516. The number of carbonyl (C=O) groups excluding carboxylic acids is 2. The van der Waals surface area contributed by atoms with Gasteiger partial charge in [-0.15, -0.1) is 0 Å². The molecule has 0 bridgehead atoms. The molecule has 95 valence electrons. The van der Waals surface area contributed by atoms with Gasteiger partial charge in [0, 0.05) is 25.3 Å². The maximum Gasteiger partial charge on any atom is 0.229 e. The van der Waals surface area contributed by atoms with Crippen LogP contribution in [0.5, 0.6) is 0 Å². The van der Waals surface area contributed by atoms with Crippen LogP contribution in [0.2, 0.25) is 0 Å². The zero-order valence-electron chi connectivity index (χ0n) is 10.5. The molecule has 0 aromatic heterocycles. The highest BCUT2D eigenvalue weighted by atomic mass is 16.2. The Bertz CT molecular complexity index is 409. The van der Waals surface area contributed by atoms with E-state index < -0.39 is 0 Å². The molecular weight excluding hydrogens is 226 g/mol. The van der Waals surface area contributed by atoms with Crippen LogP contribution in [-0.2, 0) is 9.59 Å². The molecule has 3 heteroatoms. The number of likely N-dealkylation sites (tertiary alicyclic amines) is 1. The quantitative estimate of drug-likeness (QED) is 0.763. The van der Waals surface area contributed by atoms with E-state index in [9.17, 15) is 9.59 Å². The normalized spacial score (nSPS) is 17.3. The molecule has 1 aromatic carbocycles. The van der Waals surface area contributed by atoms with Crippen molar-refractivity contribution in [1.82, 2.24) is 4.90 Å². The number of hydrogen-bond donors (Lipinski definition) is 0. The molecule has 2 rings (SSSR count). The van der Waals surface area contributed by atoms with Gasteiger partial charge in [-0.05, 0) is 12.0 Å². The van der Waals surface area contributed by atoms with Crippen LogP contribution in [0.3, 0.4) is 0 Å². The summed E-state index contributed by atoms with van der Waals surface area (Å²) in [4.78, 5) is 25.4. The number of rotatable bonds is 4. The Morgan fingerprint density at radius 2 is 1.72 bits per heavy atom. The Hall–Kier alpha value is -1.64. The third-order valence-corrected chi connectivity index (χ3v) is 3.35. The van der Waals surface area contributed by atoms with Crippen molar-refractivity contribution >= 4 is 11.8 Å². The lowest BCUT2D eigenvalue weighted by Gasteiger charge is -2.30. The topological polar surface area (TPSA) is 37.4 Å². The predicted octanol–water partition coefficient (Wildman–Crippen LogP) is 2.53. The lowest BCUT2D eigenvalue weighted by molar-refractivity contribution is -0.148. The van der Waals surface area contributed by atoms with Gasteiger partial charge in [-0.3, -0.25) is 14.5 Å². The summed E-state index contributed by atoms with van der Waals surface area (Å²) >= 11 is 0. The van der Waals surface area contributed by atoms with Gasteiger partial charge in [-0.25, -0.2) is 0 Å². The lowest BCUT2D eigenvalue weighted by atomic mass is 9.88. The van der Waals surface area contributed by atoms with Crippen LogP contribution in [0.4, 0.5) is 0 Å². The predicted molar refractivity (Wildman–Crippen MR) is 69.7 cm³/mol. The Morgan fingerprint density at radius 1 is 1.11 bits per heavy atom. The van der Waals surface area contributed by atoms with Gasteiger partial charge < -0.3 is 0 Å². The van der Waals surface area contributed by atoms with Gasteiger partial charge in [-0.1, -0.05) is 43.7 Å². The van der Waals surface area contributed by atoms with Gasteiger partial charge >= 0.3 is 0 Å². The summed E-state index contributed by atoms with van der Waals surface area (Å²) in [6, 6.07) is 9.79. The van der Waals surface area contributed by atoms with Gasteiger partial charge in [0.25, 0.3) is 0 Å². The minimum atomic E-state index is -0.0476. The van der Waals surface area contributed by atoms with E-state index >= 15 is 0 Å². The average Bonchev–Trinajstić information content (AvgIpc) is 2.39. The lowest BCUT2D eigenvalue weighted by Crippen LogP contribution is -2.43. The zero-order chi connectivity index (χ0) is 13.0. The van der Waals surface area contributed by atoms with E-state index in [1.807, 2.05) is 30.3 Å². The first-order valence-corrected chi connectivity index (χ1v) is 6.39. The van der Waals surface area contributed by atoms with Crippen molar-refractivity contribution in [2.75, 3.05) is 6.54 Å². The second-order valence-electron chi connectivity index (χ2n) is 4.66. The fraction of sp³-hybridized carbons (Fsp3) is 0.400. The van der Waals surface area contributed by atoms with Crippen LogP contribution in [0.1, 0.15) is 37.2 Å². The molecule has 1 fully saturated rings. The van der Waals surface area contributed by atoms with E-state index in [4.69, 9.17) is 0 Å². The summed E-state index contributed by atoms with van der Waals surface area (Å²) in [6.45, 7) is 4.25. The Balaban J connectivity index is 2.05. The molecule has 0 N–H and O–H groups in total. The van der Waals surface area contributed by atoms with Crippen LogP contribution in [0.15, 0.2) is 30.3 Å². The van der Waals surface area contributed by atoms with Crippen LogP contribution < -0.4 is 0 Å². The maximum absolute atomic E-state index is 12.0. The molecule has 1 radical (unpaired) electrons. The van der Waals surface area contributed by atoms with Gasteiger partial charge in [0.15, 0.2) is 0 Å². The van der Waals surface area contributed by atoms with Crippen molar-refractivity contribution in [2.45, 2.75) is 31.6 Å². The molecule has 0 unspecified atom stereocenters. The van der Waals surface area contributed by atoms with Crippen molar-refractivity contribution in [3.05, 3.63) is 42.8 Å². The minimum absolute atomic E-state index is 0.0437. The third-order valence-electron chi connectivity index (χ3n) is 3.35. The Kier molecular flexibility index (Phi) is 4.13. The molecule has 2 amide bonds. The summed E-state index contributed by atoms with van der Waals surface area (Å²) in [5.41, 5.74) is 1.08. The standard InChI is InChI=1S/C15H18NO2/c1-2-3-9-16-14(17)10-13(11-15(16)18)12-7-5-4-6-8-12/h4-8,13H,1-3,9-11H2. The molecule has 18 heavy (non-hydrogen) atoms. The van der Waals surface area contributed by atoms with Crippen molar-refractivity contribution in [3.8, 4) is 0 Å². The van der Waals surface area contributed by atoms with E-state index in [1.165, 1.54) is 4.90 Å². The average molecular weight is 244 g/mol. The first kappa shape index (κ1) is 12.8. The van der Waals surface area contributed by atoms with Gasteiger partial charge in [0.1, 0.15) is 0 Å². The third kappa shape index (κ3) is 2.78. The first-order valence-electron chi connectivity index (χ1n) is 6.39. The largest absolute Gasteiger partial charge is 0.283 e. The number of benzene rings is 1. The smallest absolute Gasteiger partial charge is 0.229 e. The number of carbonyl (C=O) groups is 2. The molecule has 1 aliphatic rings. The van der Waals surface area contributed by atoms with E-state index in [-0.39, 0.29) is 17.7 Å². The molecule has 3 nitrogen and oxygen atoms in total. The van der Waals surface area contributed by atoms with E-state index in [2.05, 4.69) is 6.92 Å². The van der Waals surface area contributed by atoms with Crippen molar-refractivity contribution in [3.63, 3.8) is 0 Å². The highest BCUT2D eigenvalue weighted by Crippen LogP contribution is 2.29. The van der Waals surface area contributed by atoms with Crippen molar-refractivity contribution in [1.29, 1.82) is 0 Å². The van der Waals surface area contributed by atoms with Crippen LogP contribution in [0.25, 0.3) is 0 Å². The summed E-state index contributed by atoms with van der Waals surface area (Å²) in [5, 5.41) is 0. The summed E-state index contributed by atoms with van der Waals surface area (Å²) in [6.07, 6.45) is 2.41. The van der Waals surface area contributed by atoms with Crippen LogP contribution in [0, 0.1) is 6.92 Å². The second kappa shape index (κ2) is 5.80. The number of hydrogen-bond acceptors (Lipinski definition) is 2. The number of unbranched alkanes of at least 4 members (excludes halogenated alkanes) is 1. The molecule has 0 saturated carbocycles. The summed E-state index contributed by atoms with van der Waals surface area (Å²) < 4.78 is 0. The molecule has 1 aromatic rings. The second-order valence-corrected chi connectivity index (χ2v) is 4.66. The maximum atomic E-state index is 12.0.